The van der Waals surface area contributed by atoms with E-state index < -0.39 is 0 Å². The molecule has 0 aromatic carbocycles. The molecule has 2 N–H and O–H groups in total. The highest BCUT2D eigenvalue weighted by atomic mass is 15.2. The Hall–Kier alpha value is -0.120. The Kier molecular flexibility index (Phi) is 16.9. The van der Waals surface area contributed by atoms with Crippen LogP contribution < -0.4 is 10.6 Å². The summed E-state index contributed by atoms with van der Waals surface area (Å²) in [6.45, 7) is 10.9. The minimum absolute atomic E-state index is 0.692. The summed E-state index contributed by atoms with van der Waals surface area (Å²) in [5.74, 6) is 0. The van der Waals surface area contributed by atoms with E-state index in [0.29, 0.717) is 18.1 Å². The number of hydrogen-bond acceptors (Lipinski definition) is 3. The SMILES string of the molecule is CCCCCCNC1CCCCC1NC1CCCCC1N(CCCCCC)CCCCCC. The summed E-state index contributed by atoms with van der Waals surface area (Å²) in [6, 6.07) is 2.88. The van der Waals surface area contributed by atoms with Crippen LogP contribution >= 0.6 is 0 Å². The summed E-state index contributed by atoms with van der Waals surface area (Å²) >= 11 is 0. The molecule has 2 fully saturated rings. The van der Waals surface area contributed by atoms with E-state index in [1.165, 1.54) is 148 Å². The molecule has 3 heteroatoms. The van der Waals surface area contributed by atoms with Crippen molar-refractivity contribution in [2.75, 3.05) is 19.6 Å². The Balaban J connectivity index is 1.92. The molecule has 0 bridgehead atoms. The molecule has 2 aliphatic carbocycles. The molecular weight excluding hydrogens is 402 g/mol. The van der Waals surface area contributed by atoms with Crippen molar-refractivity contribution in [1.29, 1.82) is 0 Å². The predicted octanol–water partition coefficient (Wildman–Crippen LogP) is 7.83. The van der Waals surface area contributed by atoms with E-state index in [1.54, 1.807) is 0 Å². The highest BCUT2D eigenvalue weighted by Crippen LogP contribution is 2.27. The molecule has 33 heavy (non-hydrogen) atoms. The second-order valence-corrected chi connectivity index (χ2v) is 11.3. The molecule has 0 amide bonds. The van der Waals surface area contributed by atoms with Gasteiger partial charge in [0.25, 0.3) is 0 Å². The van der Waals surface area contributed by atoms with E-state index in [0.717, 1.165) is 6.04 Å². The molecule has 4 atom stereocenters. The summed E-state index contributed by atoms with van der Waals surface area (Å²) < 4.78 is 0. The van der Waals surface area contributed by atoms with Gasteiger partial charge >= 0.3 is 0 Å². The van der Waals surface area contributed by atoms with Gasteiger partial charge in [-0.2, -0.15) is 0 Å². The van der Waals surface area contributed by atoms with Crippen LogP contribution in [0.3, 0.4) is 0 Å². The fourth-order valence-corrected chi connectivity index (χ4v) is 6.36. The number of nitrogens with one attached hydrogen (secondary N) is 2. The van der Waals surface area contributed by atoms with Gasteiger partial charge in [0.15, 0.2) is 0 Å². The largest absolute Gasteiger partial charge is 0.312 e. The molecule has 2 aliphatic rings. The zero-order valence-electron chi connectivity index (χ0n) is 23.0. The average molecular weight is 464 g/mol. The first-order valence-corrected chi connectivity index (χ1v) is 15.5. The second kappa shape index (κ2) is 19.1. The summed E-state index contributed by atoms with van der Waals surface area (Å²) in [6.07, 6.45) is 27.9. The van der Waals surface area contributed by atoms with Gasteiger partial charge in [-0.15, -0.1) is 0 Å². The molecule has 0 spiro atoms. The van der Waals surface area contributed by atoms with Crippen LogP contribution in [0.2, 0.25) is 0 Å². The lowest BCUT2D eigenvalue weighted by Crippen LogP contribution is -2.59. The van der Waals surface area contributed by atoms with E-state index >= 15 is 0 Å². The van der Waals surface area contributed by atoms with Crippen LogP contribution in [0, 0.1) is 0 Å². The molecule has 0 aromatic heterocycles. The minimum atomic E-state index is 0.692. The maximum atomic E-state index is 4.29. The zero-order chi connectivity index (χ0) is 23.6. The van der Waals surface area contributed by atoms with Crippen molar-refractivity contribution in [3.63, 3.8) is 0 Å². The highest BCUT2D eigenvalue weighted by molar-refractivity contribution is 4.94. The lowest BCUT2D eigenvalue weighted by Gasteiger charge is -2.44. The number of nitrogens with zero attached hydrogens (tertiary/aromatic N) is 1. The van der Waals surface area contributed by atoms with Gasteiger partial charge < -0.3 is 10.6 Å². The van der Waals surface area contributed by atoms with Gasteiger partial charge in [0, 0.05) is 24.2 Å². The van der Waals surface area contributed by atoms with Crippen LogP contribution in [0.4, 0.5) is 0 Å². The predicted molar refractivity (Wildman–Crippen MR) is 147 cm³/mol. The molecule has 2 saturated carbocycles. The Labute approximate surface area is 208 Å². The quantitative estimate of drug-likeness (QED) is 0.191. The maximum absolute atomic E-state index is 4.29. The third-order valence-corrected chi connectivity index (χ3v) is 8.43. The maximum Gasteiger partial charge on any atom is 0.0249 e. The van der Waals surface area contributed by atoms with E-state index in [2.05, 4.69) is 36.3 Å². The smallest absolute Gasteiger partial charge is 0.0249 e. The van der Waals surface area contributed by atoms with E-state index in [4.69, 9.17) is 0 Å². The van der Waals surface area contributed by atoms with E-state index in [1.807, 2.05) is 0 Å². The summed E-state index contributed by atoms with van der Waals surface area (Å²) in [5, 5.41) is 8.27. The van der Waals surface area contributed by atoms with Gasteiger partial charge in [0.2, 0.25) is 0 Å². The Morgan fingerprint density at radius 2 is 1.06 bits per heavy atom. The standard InChI is InChI=1S/C30H61N3/c1-4-7-10-17-24-31-27-20-13-14-21-28(27)32-29-22-15-16-23-30(29)33(25-18-11-8-5-2)26-19-12-9-6-3/h27-32H,4-26H2,1-3H3. The summed E-state index contributed by atoms with van der Waals surface area (Å²) in [4.78, 5) is 2.94. The molecule has 2 rings (SSSR count). The molecular formula is C30H61N3. The fourth-order valence-electron chi connectivity index (χ4n) is 6.36. The lowest BCUT2D eigenvalue weighted by atomic mass is 9.85. The van der Waals surface area contributed by atoms with E-state index in [-0.39, 0.29) is 0 Å². The normalized spacial score (nSPS) is 26.2. The Morgan fingerprint density at radius 1 is 0.545 bits per heavy atom. The number of unbranched alkanes of at least 4 members (excludes halogenated alkanes) is 9. The average Bonchev–Trinajstić information content (AvgIpc) is 2.84. The van der Waals surface area contributed by atoms with Crippen molar-refractivity contribution < 1.29 is 0 Å². The van der Waals surface area contributed by atoms with Gasteiger partial charge in [-0.25, -0.2) is 0 Å². The van der Waals surface area contributed by atoms with Crippen molar-refractivity contribution in [1.82, 2.24) is 15.5 Å². The van der Waals surface area contributed by atoms with Crippen LogP contribution in [0.25, 0.3) is 0 Å². The van der Waals surface area contributed by atoms with E-state index in [9.17, 15) is 0 Å². The molecule has 0 saturated heterocycles. The summed E-state index contributed by atoms with van der Waals surface area (Å²) in [7, 11) is 0. The van der Waals surface area contributed by atoms with Gasteiger partial charge in [0.05, 0.1) is 0 Å². The van der Waals surface area contributed by atoms with Crippen molar-refractivity contribution >= 4 is 0 Å². The molecule has 4 unspecified atom stereocenters. The van der Waals surface area contributed by atoms with Crippen LogP contribution in [0.15, 0.2) is 0 Å². The molecule has 0 radical (unpaired) electrons. The Morgan fingerprint density at radius 3 is 1.67 bits per heavy atom. The zero-order valence-corrected chi connectivity index (χ0v) is 23.0. The van der Waals surface area contributed by atoms with Gasteiger partial charge in [-0.05, 0) is 64.6 Å². The van der Waals surface area contributed by atoms with Crippen molar-refractivity contribution in [3.8, 4) is 0 Å². The van der Waals surface area contributed by atoms with Crippen LogP contribution in [-0.2, 0) is 0 Å². The monoisotopic (exact) mass is 463 g/mol. The third-order valence-electron chi connectivity index (χ3n) is 8.43. The Bertz CT molecular complexity index is 428. The van der Waals surface area contributed by atoms with Crippen LogP contribution in [0.1, 0.15) is 149 Å². The first-order chi connectivity index (χ1) is 16.3. The highest BCUT2D eigenvalue weighted by Gasteiger charge is 2.34. The van der Waals surface area contributed by atoms with Gasteiger partial charge in [-0.3, -0.25) is 4.90 Å². The first kappa shape index (κ1) is 29.1. The molecule has 3 nitrogen and oxygen atoms in total. The number of rotatable bonds is 19. The topological polar surface area (TPSA) is 27.3 Å². The molecule has 0 heterocycles. The summed E-state index contributed by atoms with van der Waals surface area (Å²) in [5.41, 5.74) is 0. The number of hydrogen-bond donors (Lipinski definition) is 2. The fraction of sp³-hybridized carbons (Fsp3) is 1.00. The third kappa shape index (κ3) is 11.9. The lowest BCUT2D eigenvalue weighted by molar-refractivity contribution is 0.102. The van der Waals surface area contributed by atoms with Crippen molar-refractivity contribution in [2.24, 2.45) is 0 Å². The van der Waals surface area contributed by atoms with Crippen molar-refractivity contribution in [2.45, 2.75) is 173 Å². The minimum Gasteiger partial charge on any atom is -0.312 e. The first-order valence-electron chi connectivity index (χ1n) is 15.5. The molecule has 0 aliphatic heterocycles. The molecule has 196 valence electrons. The molecule has 0 aromatic rings. The van der Waals surface area contributed by atoms with Crippen LogP contribution in [-0.4, -0.2) is 48.7 Å². The second-order valence-electron chi connectivity index (χ2n) is 11.3. The van der Waals surface area contributed by atoms with Crippen molar-refractivity contribution in [3.05, 3.63) is 0 Å². The van der Waals surface area contributed by atoms with Gasteiger partial charge in [-0.1, -0.05) is 104 Å². The van der Waals surface area contributed by atoms with Crippen LogP contribution in [0.5, 0.6) is 0 Å². The van der Waals surface area contributed by atoms with Gasteiger partial charge in [0.1, 0.15) is 0 Å².